The van der Waals surface area contributed by atoms with Crippen molar-refractivity contribution in [3.05, 3.63) is 52.5 Å². The second kappa shape index (κ2) is 7.13. The van der Waals surface area contributed by atoms with Crippen molar-refractivity contribution < 1.29 is 9.53 Å². The van der Waals surface area contributed by atoms with Gasteiger partial charge in [-0.25, -0.2) is 0 Å². The Morgan fingerprint density at radius 3 is 2.62 bits per heavy atom. The molecule has 0 aliphatic heterocycles. The van der Waals surface area contributed by atoms with Crippen molar-refractivity contribution in [2.24, 2.45) is 0 Å². The maximum atomic E-state index is 12.2. The lowest BCUT2D eigenvalue weighted by Gasteiger charge is -2.09. The molecule has 0 fully saturated rings. The Morgan fingerprint density at radius 1 is 1.24 bits per heavy atom. The number of anilines is 2. The summed E-state index contributed by atoms with van der Waals surface area (Å²) in [6.45, 7) is 2.74. The van der Waals surface area contributed by atoms with E-state index in [-0.39, 0.29) is 5.91 Å². The standard InChI is InChI=1S/C16H17BrN2O2/c1-2-10-21-12-8-6-11(7-9-12)19-16(20)13-4-3-5-14(18)15(13)17/h3-9H,2,10,18H2,1H3,(H,19,20). The Morgan fingerprint density at radius 2 is 1.95 bits per heavy atom. The zero-order valence-electron chi connectivity index (χ0n) is 11.7. The molecule has 0 aliphatic rings. The number of halogens is 1. The molecule has 2 rings (SSSR count). The van der Waals surface area contributed by atoms with Crippen molar-refractivity contribution in [2.45, 2.75) is 13.3 Å². The molecule has 110 valence electrons. The lowest BCUT2D eigenvalue weighted by atomic mass is 10.2. The zero-order valence-corrected chi connectivity index (χ0v) is 13.3. The first-order valence-electron chi connectivity index (χ1n) is 6.70. The van der Waals surface area contributed by atoms with Crippen LogP contribution in [0.5, 0.6) is 5.75 Å². The van der Waals surface area contributed by atoms with E-state index in [1.807, 2.05) is 24.3 Å². The fourth-order valence-corrected chi connectivity index (χ4v) is 2.22. The van der Waals surface area contributed by atoms with Gasteiger partial charge < -0.3 is 15.8 Å². The first kappa shape index (κ1) is 15.4. The van der Waals surface area contributed by atoms with Crippen molar-refractivity contribution in [1.82, 2.24) is 0 Å². The second-order valence-electron chi connectivity index (χ2n) is 4.54. The maximum Gasteiger partial charge on any atom is 0.256 e. The monoisotopic (exact) mass is 348 g/mol. The van der Waals surface area contributed by atoms with E-state index in [9.17, 15) is 4.79 Å². The molecule has 1 amide bonds. The number of hydrogen-bond donors (Lipinski definition) is 2. The molecular formula is C16H17BrN2O2. The molecule has 0 aromatic heterocycles. The Hall–Kier alpha value is -2.01. The quantitative estimate of drug-likeness (QED) is 0.800. The van der Waals surface area contributed by atoms with Gasteiger partial charge in [0.1, 0.15) is 5.75 Å². The number of nitrogens with one attached hydrogen (secondary N) is 1. The number of hydrogen-bond acceptors (Lipinski definition) is 3. The summed E-state index contributed by atoms with van der Waals surface area (Å²) in [5, 5.41) is 2.83. The van der Waals surface area contributed by atoms with Crippen LogP contribution in [-0.2, 0) is 0 Å². The number of benzene rings is 2. The first-order chi connectivity index (χ1) is 10.1. The zero-order chi connectivity index (χ0) is 15.2. The van der Waals surface area contributed by atoms with Crippen LogP contribution < -0.4 is 15.8 Å². The summed E-state index contributed by atoms with van der Waals surface area (Å²) in [5.41, 5.74) is 7.52. The molecule has 0 bridgehead atoms. The van der Waals surface area contributed by atoms with Gasteiger partial charge in [0, 0.05) is 11.4 Å². The van der Waals surface area contributed by atoms with Crippen LogP contribution in [0.2, 0.25) is 0 Å². The van der Waals surface area contributed by atoms with Crippen molar-refractivity contribution in [3.63, 3.8) is 0 Å². The molecule has 0 saturated carbocycles. The lowest BCUT2D eigenvalue weighted by Crippen LogP contribution is -2.13. The topological polar surface area (TPSA) is 64.3 Å². The predicted molar refractivity (Wildman–Crippen MR) is 88.7 cm³/mol. The lowest BCUT2D eigenvalue weighted by molar-refractivity contribution is 0.102. The van der Waals surface area contributed by atoms with Gasteiger partial charge in [-0.05, 0) is 58.7 Å². The van der Waals surface area contributed by atoms with Gasteiger partial charge in [0.15, 0.2) is 0 Å². The summed E-state index contributed by atoms with van der Waals surface area (Å²) in [7, 11) is 0. The van der Waals surface area contributed by atoms with Gasteiger partial charge >= 0.3 is 0 Å². The van der Waals surface area contributed by atoms with Crippen molar-refractivity contribution in [2.75, 3.05) is 17.7 Å². The Balaban J connectivity index is 2.07. The van der Waals surface area contributed by atoms with Crippen molar-refractivity contribution in [1.29, 1.82) is 0 Å². The minimum Gasteiger partial charge on any atom is -0.494 e. The molecule has 4 nitrogen and oxygen atoms in total. The van der Waals surface area contributed by atoms with E-state index in [0.29, 0.717) is 28.0 Å². The van der Waals surface area contributed by atoms with Gasteiger partial charge in [-0.3, -0.25) is 4.79 Å². The van der Waals surface area contributed by atoms with Crippen LogP contribution in [0.25, 0.3) is 0 Å². The average Bonchev–Trinajstić information content (AvgIpc) is 2.49. The Kier molecular flexibility index (Phi) is 5.22. The fourth-order valence-electron chi connectivity index (χ4n) is 1.78. The molecule has 21 heavy (non-hydrogen) atoms. The molecule has 0 spiro atoms. The molecule has 5 heteroatoms. The maximum absolute atomic E-state index is 12.2. The van der Waals surface area contributed by atoms with E-state index in [1.54, 1.807) is 18.2 Å². The largest absolute Gasteiger partial charge is 0.494 e. The normalized spacial score (nSPS) is 10.2. The van der Waals surface area contributed by atoms with Crippen molar-refractivity contribution >= 4 is 33.2 Å². The van der Waals surface area contributed by atoms with Crippen LogP contribution in [0.4, 0.5) is 11.4 Å². The van der Waals surface area contributed by atoms with Crippen molar-refractivity contribution in [3.8, 4) is 5.75 Å². The summed E-state index contributed by atoms with van der Waals surface area (Å²) >= 11 is 3.33. The number of nitrogen functional groups attached to an aromatic ring is 1. The average molecular weight is 349 g/mol. The Bertz CT molecular complexity index is 627. The van der Waals surface area contributed by atoms with Gasteiger partial charge in [0.25, 0.3) is 5.91 Å². The van der Waals surface area contributed by atoms with E-state index in [2.05, 4.69) is 28.2 Å². The molecule has 0 unspecified atom stereocenters. The van der Waals surface area contributed by atoms with Gasteiger partial charge in [0.2, 0.25) is 0 Å². The van der Waals surface area contributed by atoms with Crippen LogP contribution >= 0.6 is 15.9 Å². The van der Waals surface area contributed by atoms with Crippen LogP contribution in [0, 0.1) is 0 Å². The molecule has 0 aliphatic carbocycles. The molecule has 2 aromatic carbocycles. The van der Waals surface area contributed by atoms with Gasteiger partial charge in [-0.1, -0.05) is 13.0 Å². The summed E-state index contributed by atoms with van der Waals surface area (Å²) in [4.78, 5) is 12.2. The third-order valence-electron chi connectivity index (χ3n) is 2.86. The fraction of sp³-hybridized carbons (Fsp3) is 0.188. The summed E-state index contributed by atoms with van der Waals surface area (Å²) in [6.07, 6.45) is 0.960. The number of amides is 1. The van der Waals surface area contributed by atoms with Gasteiger partial charge in [0.05, 0.1) is 16.6 Å². The number of ether oxygens (including phenoxy) is 1. The highest BCUT2D eigenvalue weighted by Gasteiger charge is 2.11. The van der Waals surface area contributed by atoms with Gasteiger partial charge in [-0.15, -0.1) is 0 Å². The highest BCUT2D eigenvalue weighted by atomic mass is 79.9. The molecule has 0 atom stereocenters. The van der Waals surface area contributed by atoms with E-state index in [0.717, 1.165) is 12.2 Å². The third kappa shape index (κ3) is 3.98. The number of carbonyl (C=O) groups excluding carboxylic acids is 1. The summed E-state index contributed by atoms with van der Waals surface area (Å²) < 4.78 is 6.10. The molecule has 0 heterocycles. The SMILES string of the molecule is CCCOc1ccc(NC(=O)c2cccc(N)c2Br)cc1. The van der Waals surface area contributed by atoms with Crippen LogP contribution in [0.15, 0.2) is 46.9 Å². The highest BCUT2D eigenvalue weighted by Crippen LogP contribution is 2.25. The van der Waals surface area contributed by atoms with E-state index < -0.39 is 0 Å². The number of carbonyl (C=O) groups is 1. The van der Waals surface area contributed by atoms with Crippen LogP contribution in [0.1, 0.15) is 23.7 Å². The van der Waals surface area contributed by atoms with Gasteiger partial charge in [-0.2, -0.15) is 0 Å². The molecule has 0 saturated heterocycles. The van der Waals surface area contributed by atoms with E-state index in [4.69, 9.17) is 10.5 Å². The molecule has 2 aromatic rings. The minimum absolute atomic E-state index is 0.212. The van der Waals surface area contributed by atoms with Crippen LogP contribution in [0.3, 0.4) is 0 Å². The smallest absolute Gasteiger partial charge is 0.256 e. The summed E-state index contributed by atoms with van der Waals surface area (Å²) in [6, 6.07) is 12.5. The third-order valence-corrected chi connectivity index (χ3v) is 3.74. The highest BCUT2D eigenvalue weighted by molar-refractivity contribution is 9.10. The first-order valence-corrected chi connectivity index (χ1v) is 7.49. The van der Waals surface area contributed by atoms with E-state index >= 15 is 0 Å². The number of rotatable bonds is 5. The number of nitrogens with two attached hydrogens (primary N) is 1. The minimum atomic E-state index is -0.212. The second-order valence-corrected chi connectivity index (χ2v) is 5.33. The Labute approximate surface area is 132 Å². The summed E-state index contributed by atoms with van der Waals surface area (Å²) in [5.74, 6) is 0.580. The molecule has 0 radical (unpaired) electrons. The molecular weight excluding hydrogens is 332 g/mol. The van der Waals surface area contributed by atoms with E-state index in [1.165, 1.54) is 0 Å². The van der Waals surface area contributed by atoms with Crippen LogP contribution in [-0.4, -0.2) is 12.5 Å². The molecule has 3 N–H and O–H groups in total. The predicted octanol–water partition coefficient (Wildman–Crippen LogP) is 4.07.